The molecule has 1 aromatic carbocycles. The zero-order chi connectivity index (χ0) is 13.9. The van der Waals surface area contributed by atoms with E-state index < -0.39 is 0 Å². The summed E-state index contributed by atoms with van der Waals surface area (Å²) in [5.41, 5.74) is 13.7. The number of hydrogen-bond donors (Lipinski definition) is 3. The average molecular weight is 263 g/mol. The van der Waals surface area contributed by atoms with E-state index in [4.69, 9.17) is 16.2 Å². The van der Waals surface area contributed by atoms with E-state index in [1.54, 1.807) is 6.08 Å². The molecule has 0 saturated heterocycles. The first-order chi connectivity index (χ1) is 9.30. The van der Waals surface area contributed by atoms with Crippen molar-refractivity contribution in [2.45, 2.75) is 6.42 Å². The molecular weight excluding hydrogens is 238 g/mol. The summed E-state index contributed by atoms with van der Waals surface area (Å²) in [6, 6.07) is 8.39. The van der Waals surface area contributed by atoms with Gasteiger partial charge in [0.2, 0.25) is 0 Å². The van der Waals surface area contributed by atoms with E-state index in [0.29, 0.717) is 32.2 Å². The molecule has 0 heterocycles. The third kappa shape index (κ3) is 6.38. The van der Waals surface area contributed by atoms with Gasteiger partial charge < -0.3 is 21.5 Å². The van der Waals surface area contributed by atoms with Crippen LogP contribution in [0.3, 0.4) is 0 Å². The third-order valence-electron chi connectivity index (χ3n) is 2.96. The smallest absolute Gasteiger partial charge is 0.0645 e. The quantitative estimate of drug-likeness (QED) is 0.440. The average Bonchev–Trinajstić information content (AvgIpc) is 2.46. The molecule has 0 aliphatic carbocycles. The fourth-order valence-corrected chi connectivity index (χ4v) is 1.79. The highest BCUT2D eigenvalue weighted by atomic mass is 16.5. The first-order valence-corrected chi connectivity index (χ1v) is 6.71. The van der Waals surface area contributed by atoms with Crippen LogP contribution >= 0.6 is 0 Å². The largest absolute Gasteiger partial charge is 0.383 e. The minimum Gasteiger partial charge on any atom is -0.383 e. The Bertz CT molecular complexity index is 347. The van der Waals surface area contributed by atoms with E-state index in [2.05, 4.69) is 36.2 Å². The van der Waals surface area contributed by atoms with Crippen LogP contribution in [0.15, 0.2) is 36.9 Å². The summed E-state index contributed by atoms with van der Waals surface area (Å²) in [5, 5.41) is 3.30. The predicted octanol–water partition coefficient (Wildman–Crippen LogP) is 1.38. The third-order valence-corrected chi connectivity index (χ3v) is 2.96. The molecule has 0 spiro atoms. The van der Waals surface area contributed by atoms with Crippen LogP contribution in [0.4, 0.5) is 5.69 Å². The van der Waals surface area contributed by atoms with Crippen molar-refractivity contribution in [3.8, 4) is 0 Å². The summed E-state index contributed by atoms with van der Waals surface area (Å²) in [6.07, 6.45) is 2.69. The van der Waals surface area contributed by atoms with Crippen molar-refractivity contribution in [1.29, 1.82) is 0 Å². The van der Waals surface area contributed by atoms with E-state index >= 15 is 0 Å². The molecule has 106 valence electrons. The second-order valence-corrected chi connectivity index (χ2v) is 4.53. The van der Waals surface area contributed by atoms with Crippen molar-refractivity contribution >= 4 is 5.69 Å². The lowest BCUT2D eigenvalue weighted by Crippen LogP contribution is -2.25. The second-order valence-electron chi connectivity index (χ2n) is 4.53. The molecule has 19 heavy (non-hydrogen) atoms. The van der Waals surface area contributed by atoms with Gasteiger partial charge in [0.25, 0.3) is 0 Å². The lowest BCUT2D eigenvalue weighted by Gasteiger charge is -2.12. The highest BCUT2D eigenvalue weighted by Crippen LogP contribution is 2.12. The zero-order valence-electron chi connectivity index (χ0n) is 11.5. The maximum absolute atomic E-state index is 5.65. The molecule has 0 aliphatic rings. The monoisotopic (exact) mass is 263 g/mol. The Morgan fingerprint density at radius 3 is 2.47 bits per heavy atom. The Kier molecular flexibility index (Phi) is 7.89. The van der Waals surface area contributed by atoms with Gasteiger partial charge in [-0.25, -0.2) is 0 Å². The summed E-state index contributed by atoms with van der Waals surface area (Å²) < 4.78 is 5.30. The number of nitrogens with two attached hydrogens (primary N) is 2. The molecule has 5 N–H and O–H groups in total. The minimum atomic E-state index is 0.367. The maximum Gasteiger partial charge on any atom is 0.0645 e. The van der Waals surface area contributed by atoms with Gasteiger partial charge in [-0.1, -0.05) is 18.2 Å². The lowest BCUT2D eigenvalue weighted by atomic mass is 9.99. The van der Waals surface area contributed by atoms with Crippen LogP contribution in [-0.4, -0.2) is 32.8 Å². The molecule has 0 aromatic heterocycles. The molecule has 0 saturated carbocycles. The van der Waals surface area contributed by atoms with Crippen LogP contribution in [0.2, 0.25) is 0 Å². The van der Waals surface area contributed by atoms with Crippen LogP contribution < -0.4 is 16.8 Å². The molecule has 1 aromatic rings. The molecule has 0 aliphatic heterocycles. The van der Waals surface area contributed by atoms with Gasteiger partial charge in [-0.15, -0.1) is 6.58 Å². The molecule has 0 unspecified atom stereocenters. The standard InChI is InChI=1S/C15H25N3O/c1-2-8-19-9-7-18-15-5-3-13(4-6-15)10-14(11-16)12-17/h2-6,14,18H,1,7-12,16-17H2. The molecule has 4 nitrogen and oxygen atoms in total. The van der Waals surface area contributed by atoms with E-state index in [1.165, 1.54) is 5.56 Å². The Morgan fingerprint density at radius 2 is 1.89 bits per heavy atom. The lowest BCUT2D eigenvalue weighted by molar-refractivity contribution is 0.173. The van der Waals surface area contributed by atoms with Gasteiger partial charge in [-0.05, 0) is 43.1 Å². The number of anilines is 1. The van der Waals surface area contributed by atoms with Gasteiger partial charge in [0.1, 0.15) is 0 Å². The van der Waals surface area contributed by atoms with Crippen LogP contribution in [-0.2, 0) is 11.2 Å². The van der Waals surface area contributed by atoms with Crippen LogP contribution in [0, 0.1) is 5.92 Å². The maximum atomic E-state index is 5.65. The Hall–Kier alpha value is -1.36. The highest BCUT2D eigenvalue weighted by molar-refractivity contribution is 5.44. The van der Waals surface area contributed by atoms with Crippen LogP contribution in [0.1, 0.15) is 5.56 Å². The molecule has 0 bridgehead atoms. The Labute approximate surface area is 115 Å². The van der Waals surface area contributed by atoms with Crippen molar-refractivity contribution in [3.05, 3.63) is 42.5 Å². The molecule has 0 atom stereocenters. The van der Waals surface area contributed by atoms with Gasteiger partial charge >= 0.3 is 0 Å². The summed E-state index contributed by atoms with van der Waals surface area (Å²) in [7, 11) is 0. The van der Waals surface area contributed by atoms with Gasteiger partial charge in [0.15, 0.2) is 0 Å². The molecule has 0 radical (unpaired) electrons. The normalized spacial score (nSPS) is 10.7. The summed E-state index contributed by atoms with van der Waals surface area (Å²) in [4.78, 5) is 0. The summed E-state index contributed by atoms with van der Waals surface area (Å²) in [6.45, 7) is 6.94. The molecule has 0 fully saturated rings. The van der Waals surface area contributed by atoms with Crippen molar-refractivity contribution < 1.29 is 4.74 Å². The number of ether oxygens (including phenoxy) is 1. The number of benzene rings is 1. The number of rotatable bonds is 10. The van der Waals surface area contributed by atoms with Gasteiger partial charge in [-0.2, -0.15) is 0 Å². The predicted molar refractivity (Wildman–Crippen MR) is 81.3 cm³/mol. The fraction of sp³-hybridized carbons (Fsp3) is 0.467. The van der Waals surface area contributed by atoms with Crippen molar-refractivity contribution in [3.63, 3.8) is 0 Å². The minimum absolute atomic E-state index is 0.367. The number of nitrogens with one attached hydrogen (secondary N) is 1. The van der Waals surface area contributed by atoms with Crippen LogP contribution in [0.25, 0.3) is 0 Å². The van der Waals surface area contributed by atoms with Crippen molar-refractivity contribution in [2.24, 2.45) is 17.4 Å². The molecule has 0 amide bonds. The zero-order valence-corrected chi connectivity index (χ0v) is 11.5. The molecule has 4 heteroatoms. The van der Waals surface area contributed by atoms with E-state index in [1.807, 2.05) is 0 Å². The highest BCUT2D eigenvalue weighted by Gasteiger charge is 2.05. The Morgan fingerprint density at radius 1 is 1.21 bits per heavy atom. The second kappa shape index (κ2) is 9.55. The first-order valence-electron chi connectivity index (χ1n) is 6.71. The topological polar surface area (TPSA) is 73.3 Å². The van der Waals surface area contributed by atoms with Gasteiger partial charge in [0, 0.05) is 12.2 Å². The number of hydrogen-bond acceptors (Lipinski definition) is 4. The first kappa shape index (κ1) is 15.7. The van der Waals surface area contributed by atoms with Crippen molar-refractivity contribution in [2.75, 3.05) is 38.2 Å². The summed E-state index contributed by atoms with van der Waals surface area (Å²) >= 11 is 0. The van der Waals surface area contributed by atoms with Crippen molar-refractivity contribution in [1.82, 2.24) is 0 Å². The van der Waals surface area contributed by atoms with E-state index in [9.17, 15) is 0 Å². The fourth-order valence-electron chi connectivity index (χ4n) is 1.79. The summed E-state index contributed by atoms with van der Waals surface area (Å²) in [5.74, 6) is 0.367. The molecule has 1 rings (SSSR count). The Balaban J connectivity index is 2.32. The van der Waals surface area contributed by atoms with Gasteiger partial charge in [0.05, 0.1) is 13.2 Å². The van der Waals surface area contributed by atoms with E-state index in [0.717, 1.165) is 18.7 Å². The van der Waals surface area contributed by atoms with E-state index in [-0.39, 0.29) is 0 Å². The van der Waals surface area contributed by atoms with Crippen LogP contribution in [0.5, 0.6) is 0 Å². The molecular formula is C15H25N3O. The SMILES string of the molecule is C=CCOCCNc1ccc(CC(CN)CN)cc1. The van der Waals surface area contributed by atoms with Gasteiger partial charge in [-0.3, -0.25) is 0 Å².